The average molecular weight is 343 g/mol. The maximum atomic E-state index is 12.2. The highest BCUT2D eigenvalue weighted by atomic mass is 35.5. The molecule has 6 heteroatoms. The van der Waals surface area contributed by atoms with Gasteiger partial charge >= 0.3 is 0 Å². The Morgan fingerprint density at radius 3 is 2.67 bits per heavy atom. The second-order valence-corrected chi connectivity index (χ2v) is 5.63. The molecule has 2 aromatic carbocycles. The van der Waals surface area contributed by atoms with Gasteiger partial charge in [0, 0.05) is 23.2 Å². The van der Waals surface area contributed by atoms with Gasteiger partial charge in [-0.15, -0.1) is 0 Å². The molecule has 5 nitrogen and oxygen atoms in total. The largest absolute Gasteiger partial charge is 0.392 e. The molecule has 0 saturated carbocycles. The molecule has 1 aromatic heterocycles. The van der Waals surface area contributed by atoms with Crippen LogP contribution in [0.1, 0.15) is 21.6 Å². The van der Waals surface area contributed by atoms with Crippen molar-refractivity contribution in [2.75, 3.05) is 0 Å². The Labute approximate surface area is 143 Å². The molecule has 0 atom stereocenters. The van der Waals surface area contributed by atoms with Gasteiger partial charge < -0.3 is 14.9 Å². The Balaban J connectivity index is 1.70. The molecule has 0 radical (unpaired) electrons. The van der Waals surface area contributed by atoms with Crippen LogP contribution in [0.3, 0.4) is 0 Å². The standard InChI is InChI=1S/C18H15ClN2O3/c19-15-7-3-6-12(8-15)17-9-16(21-24-17)18(23)20-10-13-4-1-2-5-14(13)11-22/h1-9,22H,10-11H2,(H,20,23). The van der Waals surface area contributed by atoms with Gasteiger partial charge in [-0.1, -0.05) is 53.2 Å². The van der Waals surface area contributed by atoms with Gasteiger partial charge in [0.15, 0.2) is 11.5 Å². The Morgan fingerprint density at radius 2 is 1.92 bits per heavy atom. The van der Waals surface area contributed by atoms with E-state index in [-0.39, 0.29) is 18.2 Å². The van der Waals surface area contributed by atoms with Crippen LogP contribution >= 0.6 is 11.6 Å². The molecule has 0 aliphatic carbocycles. The van der Waals surface area contributed by atoms with Crippen LogP contribution in [-0.2, 0) is 13.2 Å². The SMILES string of the molecule is O=C(NCc1ccccc1CO)c1cc(-c2cccc(Cl)c2)on1. The number of aliphatic hydroxyl groups is 1. The van der Waals surface area contributed by atoms with E-state index in [1.807, 2.05) is 30.3 Å². The molecule has 24 heavy (non-hydrogen) atoms. The molecule has 0 saturated heterocycles. The summed E-state index contributed by atoms with van der Waals surface area (Å²) < 4.78 is 5.21. The molecule has 2 N–H and O–H groups in total. The Morgan fingerprint density at radius 1 is 1.12 bits per heavy atom. The van der Waals surface area contributed by atoms with Crippen molar-refractivity contribution in [1.82, 2.24) is 10.5 Å². The molecule has 0 aliphatic rings. The van der Waals surface area contributed by atoms with E-state index >= 15 is 0 Å². The number of rotatable bonds is 5. The third-order valence-electron chi connectivity index (χ3n) is 3.58. The summed E-state index contributed by atoms with van der Waals surface area (Å²) >= 11 is 5.95. The minimum absolute atomic E-state index is 0.0745. The summed E-state index contributed by atoms with van der Waals surface area (Å²) in [5.41, 5.74) is 2.57. The second kappa shape index (κ2) is 7.29. The number of carbonyl (C=O) groups is 1. The van der Waals surface area contributed by atoms with Crippen molar-refractivity contribution in [1.29, 1.82) is 0 Å². The molecule has 1 amide bonds. The number of aliphatic hydroxyl groups excluding tert-OH is 1. The number of nitrogens with zero attached hydrogens (tertiary/aromatic N) is 1. The summed E-state index contributed by atoms with van der Waals surface area (Å²) in [5, 5.41) is 16.4. The summed E-state index contributed by atoms with van der Waals surface area (Å²) in [5.74, 6) is 0.123. The van der Waals surface area contributed by atoms with Crippen molar-refractivity contribution in [2.24, 2.45) is 0 Å². The summed E-state index contributed by atoms with van der Waals surface area (Å²) in [7, 11) is 0. The number of aromatic nitrogens is 1. The van der Waals surface area contributed by atoms with E-state index in [1.54, 1.807) is 24.3 Å². The van der Waals surface area contributed by atoms with Gasteiger partial charge in [0.05, 0.1) is 6.61 Å². The Bertz CT molecular complexity index is 861. The minimum atomic E-state index is -0.347. The predicted octanol–water partition coefficient (Wildman–Crippen LogP) is 3.42. The van der Waals surface area contributed by atoms with Crippen molar-refractivity contribution in [3.63, 3.8) is 0 Å². The zero-order chi connectivity index (χ0) is 16.9. The van der Waals surface area contributed by atoms with Crippen LogP contribution in [0, 0.1) is 0 Å². The zero-order valence-corrected chi connectivity index (χ0v) is 13.5. The van der Waals surface area contributed by atoms with Crippen molar-refractivity contribution >= 4 is 17.5 Å². The van der Waals surface area contributed by atoms with Crippen LogP contribution in [0.15, 0.2) is 59.1 Å². The first-order valence-corrected chi connectivity index (χ1v) is 7.73. The lowest BCUT2D eigenvalue weighted by Crippen LogP contribution is -2.23. The molecule has 0 unspecified atom stereocenters. The van der Waals surface area contributed by atoms with Crippen molar-refractivity contribution < 1.29 is 14.4 Å². The normalized spacial score (nSPS) is 10.6. The van der Waals surface area contributed by atoms with E-state index in [9.17, 15) is 9.90 Å². The van der Waals surface area contributed by atoms with Gasteiger partial charge in [0.2, 0.25) is 0 Å². The van der Waals surface area contributed by atoms with Gasteiger partial charge in [-0.25, -0.2) is 0 Å². The lowest BCUT2D eigenvalue weighted by molar-refractivity contribution is 0.0941. The van der Waals surface area contributed by atoms with Crippen LogP contribution in [0.25, 0.3) is 11.3 Å². The fourth-order valence-electron chi connectivity index (χ4n) is 2.31. The minimum Gasteiger partial charge on any atom is -0.392 e. The van der Waals surface area contributed by atoms with Crippen LogP contribution in [0.2, 0.25) is 5.02 Å². The fraction of sp³-hybridized carbons (Fsp3) is 0.111. The molecular formula is C18H15ClN2O3. The van der Waals surface area contributed by atoms with Gasteiger partial charge in [0.25, 0.3) is 5.91 Å². The van der Waals surface area contributed by atoms with Gasteiger partial charge in [-0.3, -0.25) is 4.79 Å². The summed E-state index contributed by atoms with van der Waals surface area (Å²) in [4.78, 5) is 12.2. The summed E-state index contributed by atoms with van der Waals surface area (Å²) in [6, 6.07) is 16.0. The molecule has 0 aliphatic heterocycles. The maximum Gasteiger partial charge on any atom is 0.273 e. The molecule has 0 bridgehead atoms. The second-order valence-electron chi connectivity index (χ2n) is 5.20. The Kier molecular flexibility index (Phi) is 4.93. The summed E-state index contributed by atoms with van der Waals surface area (Å²) in [6.07, 6.45) is 0. The monoisotopic (exact) mass is 342 g/mol. The van der Waals surface area contributed by atoms with Crippen molar-refractivity contribution in [3.05, 3.63) is 76.4 Å². The molecule has 1 heterocycles. The fourth-order valence-corrected chi connectivity index (χ4v) is 2.50. The Hall–Kier alpha value is -2.63. The molecule has 122 valence electrons. The van der Waals surface area contributed by atoms with E-state index in [4.69, 9.17) is 16.1 Å². The van der Waals surface area contributed by atoms with Crippen LogP contribution in [0.5, 0.6) is 0 Å². The highest BCUT2D eigenvalue weighted by Gasteiger charge is 2.14. The molecule has 3 rings (SSSR count). The van der Waals surface area contributed by atoms with E-state index in [2.05, 4.69) is 10.5 Å². The molecular weight excluding hydrogens is 328 g/mol. The predicted molar refractivity (Wildman–Crippen MR) is 90.5 cm³/mol. The number of hydrogen-bond donors (Lipinski definition) is 2. The quantitative estimate of drug-likeness (QED) is 0.745. The van der Waals surface area contributed by atoms with Gasteiger partial charge in [-0.2, -0.15) is 0 Å². The van der Waals surface area contributed by atoms with E-state index in [0.29, 0.717) is 17.3 Å². The highest BCUT2D eigenvalue weighted by molar-refractivity contribution is 6.30. The van der Waals surface area contributed by atoms with Crippen LogP contribution in [0.4, 0.5) is 0 Å². The highest BCUT2D eigenvalue weighted by Crippen LogP contribution is 2.23. The number of nitrogens with one attached hydrogen (secondary N) is 1. The first kappa shape index (κ1) is 16.2. The average Bonchev–Trinajstić information content (AvgIpc) is 3.10. The maximum absolute atomic E-state index is 12.2. The van der Waals surface area contributed by atoms with Crippen LogP contribution < -0.4 is 5.32 Å². The third kappa shape index (κ3) is 3.64. The molecule has 3 aromatic rings. The third-order valence-corrected chi connectivity index (χ3v) is 3.82. The van der Waals surface area contributed by atoms with Crippen LogP contribution in [-0.4, -0.2) is 16.2 Å². The van der Waals surface area contributed by atoms with E-state index in [1.165, 1.54) is 0 Å². The number of amides is 1. The lowest BCUT2D eigenvalue weighted by Gasteiger charge is -2.07. The first-order chi connectivity index (χ1) is 11.7. The topological polar surface area (TPSA) is 75.4 Å². The number of halogens is 1. The van der Waals surface area contributed by atoms with E-state index < -0.39 is 0 Å². The lowest BCUT2D eigenvalue weighted by atomic mass is 10.1. The zero-order valence-electron chi connectivity index (χ0n) is 12.7. The van der Waals surface area contributed by atoms with Gasteiger partial charge in [-0.05, 0) is 23.3 Å². The first-order valence-electron chi connectivity index (χ1n) is 7.36. The number of benzene rings is 2. The number of hydrogen-bond acceptors (Lipinski definition) is 4. The number of carbonyl (C=O) groups excluding carboxylic acids is 1. The summed E-state index contributed by atoms with van der Waals surface area (Å²) in [6.45, 7) is 0.226. The molecule has 0 fully saturated rings. The molecule has 0 spiro atoms. The van der Waals surface area contributed by atoms with Gasteiger partial charge in [0.1, 0.15) is 0 Å². The smallest absolute Gasteiger partial charge is 0.273 e. The van der Waals surface area contributed by atoms with Crippen molar-refractivity contribution in [2.45, 2.75) is 13.2 Å². The van der Waals surface area contributed by atoms with E-state index in [0.717, 1.165) is 16.7 Å². The van der Waals surface area contributed by atoms with Crippen molar-refractivity contribution in [3.8, 4) is 11.3 Å².